The summed E-state index contributed by atoms with van der Waals surface area (Å²) in [5.74, 6) is 0.805. The summed E-state index contributed by atoms with van der Waals surface area (Å²) in [6, 6.07) is 13.0. The highest BCUT2D eigenvalue weighted by Gasteiger charge is 2.08. The SMILES string of the molecule is CN=C(NCc1cccc(OCC(N)=O)c1)N(C)Cc1ccc(Cl)c(Cl)c1.I. The first-order valence-corrected chi connectivity index (χ1v) is 9.00. The number of amides is 1. The second kappa shape index (κ2) is 12.0. The average molecular weight is 537 g/mol. The molecule has 2 aromatic carbocycles. The molecule has 3 N–H and O–H groups in total. The van der Waals surface area contributed by atoms with E-state index in [4.69, 9.17) is 33.7 Å². The lowest BCUT2D eigenvalue weighted by atomic mass is 10.2. The molecule has 28 heavy (non-hydrogen) atoms. The molecule has 0 aliphatic carbocycles. The first-order chi connectivity index (χ1) is 12.9. The molecule has 0 atom stereocenters. The number of ether oxygens (including phenoxy) is 1. The first kappa shape index (κ1) is 24.3. The summed E-state index contributed by atoms with van der Waals surface area (Å²) >= 11 is 12.0. The highest BCUT2D eigenvalue weighted by Crippen LogP contribution is 2.23. The molecule has 0 radical (unpaired) electrons. The maximum atomic E-state index is 10.8. The van der Waals surface area contributed by atoms with Crippen LogP contribution >= 0.6 is 47.2 Å². The number of guanidine groups is 1. The molecular weight excluding hydrogens is 514 g/mol. The molecule has 0 saturated carbocycles. The van der Waals surface area contributed by atoms with E-state index in [1.807, 2.05) is 42.3 Å². The Balaban J connectivity index is 0.00000392. The summed E-state index contributed by atoms with van der Waals surface area (Å²) < 4.78 is 5.32. The number of nitrogens with one attached hydrogen (secondary N) is 1. The fourth-order valence-electron chi connectivity index (χ4n) is 2.45. The van der Waals surface area contributed by atoms with Crippen LogP contribution in [0, 0.1) is 0 Å². The summed E-state index contributed by atoms with van der Waals surface area (Å²) in [6.07, 6.45) is 0. The Morgan fingerprint density at radius 3 is 2.57 bits per heavy atom. The van der Waals surface area contributed by atoms with Gasteiger partial charge in [-0.2, -0.15) is 0 Å². The number of primary amides is 1. The van der Waals surface area contributed by atoms with Crippen molar-refractivity contribution in [1.29, 1.82) is 0 Å². The number of halogens is 3. The van der Waals surface area contributed by atoms with Crippen molar-refractivity contribution < 1.29 is 9.53 Å². The molecule has 0 aliphatic rings. The van der Waals surface area contributed by atoms with Crippen LogP contribution in [0.25, 0.3) is 0 Å². The first-order valence-electron chi connectivity index (χ1n) is 8.25. The number of nitrogens with two attached hydrogens (primary N) is 1. The van der Waals surface area contributed by atoms with Crippen LogP contribution in [0.2, 0.25) is 10.0 Å². The van der Waals surface area contributed by atoms with Crippen LogP contribution in [0.15, 0.2) is 47.5 Å². The largest absolute Gasteiger partial charge is 0.484 e. The van der Waals surface area contributed by atoms with E-state index >= 15 is 0 Å². The van der Waals surface area contributed by atoms with Crippen LogP contribution in [0.3, 0.4) is 0 Å². The Bertz CT molecular complexity index is 833. The van der Waals surface area contributed by atoms with E-state index in [9.17, 15) is 4.79 Å². The van der Waals surface area contributed by atoms with Gasteiger partial charge in [-0.25, -0.2) is 0 Å². The van der Waals surface area contributed by atoms with Gasteiger partial charge in [-0.3, -0.25) is 9.79 Å². The molecule has 2 aromatic rings. The Labute approximate surface area is 192 Å². The lowest BCUT2D eigenvalue weighted by Gasteiger charge is -2.22. The molecule has 0 heterocycles. The molecule has 152 valence electrons. The minimum absolute atomic E-state index is 0. The van der Waals surface area contributed by atoms with Gasteiger partial charge in [0.2, 0.25) is 0 Å². The third-order valence-electron chi connectivity index (χ3n) is 3.71. The van der Waals surface area contributed by atoms with Crippen molar-refractivity contribution in [3.8, 4) is 5.75 Å². The summed E-state index contributed by atoms with van der Waals surface area (Å²) in [5, 5.41) is 4.35. The third kappa shape index (κ3) is 7.73. The van der Waals surface area contributed by atoms with Gasteiger partial charge in [0, 0.05) is 27.2 Å². The van der Waals surface area contributed by atoms with Crippen molar-refractivity contribution >= 4 is 59.0 Å². The topological polar surface area (TPSA) is 80.0 Å². The van der Waals surface area contributed by atoms with Crippen LogP contribution in [0.5, 0.6) is 5.75 Å². The van der Waals surface area contributed by atoms with Crippen molar-refractivity contribution in [2.45, 2.75) is 13.1 Å². The zero-order chi connectivity index (χ0) is 19.8. The summed E-state index contributed by atoms with van der Waals surface area (Å²) in [6.45, 7) is 1.02. The zero-order valence-electron chi connectivity index (χ0n) is 15.6. The third-order valence-corrected chi connectivity index (χ3v) is 4.45. The van der Waals surface area contributed by atoms with E-state index < -0.39 is 5.91 Å². The number of hydrogen-bond donors (Lipinski definition) is 2. The molecule has 2 rings (SSSR count). The smallest absolute Gasteiger partial charge is 0.255 e. The molecule has 6 nitrogen and oxygen atoms in total. The van der Waals surface area contributed by atoms with E-state index in [1.54, 1.807) is 19.2 Å². The Morgan fingerprint density at radius 2 is 1.93 bits per heavy atom. The Hall–Kier alpha value is -1.71. The molecule has 0 aliphatic heterocycles. The molecule has 0 aromatic heterocycles. The number of carbonyl (C=O) groups excluding carboxylic acids is 1. The van der Waals surface area contributed by atoms with E-state index in [0.717, 1.165) is 17.1 Å². The van der Waals surface area contributed by atoms with Gasteiger partial charge in [-0.15, -0.1) is 24.0 Å². The van der Waals surface area contributed by atoms with Gasteiger partial charge in [0.25, 0.3) is 5.91 Å². The average Bonchev–Trinajstić information content (AvgIpc) is 2.64. The van der Waals surface area contributed by atoms with Crippen LogP contribution in [-0.4, -0.2) is 37.5 Å². The van der Waals surface area contributed by atoms with Gasteiger partial charge in [-0.1, -0.05) is 41.4 Å². The van der Waals surface area contributed by atoms with Crippen LogP contribution in [0.1, 0.15) is 11.1 Å². The van der Waals surface area contributed by atoms with Gasteiger partial charge >= 0.3 is 0 Å². The highest BCUT2D eigenvalue weighted by atomic mass is 127. The monoisotopic (exact) mass is 536 g/mol. The number of rotatable bonds is 7. The number of benzene rings is 2. The van der Waals surface area contributed by atoms with E-state index in [2.05, 4.69) is 10.3 Å². The highest BCUT2D eigenvalue weighted by molar-refractivity contribution is 14.0. The molecule has 0 saturated heterocycles. The van der Waals surface area contributed by atoms with Crippen molar-refractivity contribution in [3.63, 3.8) is 0 Å². The van der Waals surface area contributed by atoms with E-state index in [-0.39, 0.29) is 30.6 Å². The van der Waals surface area contributed by atoms with E-state index in [1.165, 1.54) is 0 Å². The second-order valence-corrected chi connectivity index (χ2v) is 6.72. The fraction of sp³-hybridized carbons (Fsp3) is 0.263. The van der Waals surface area contributed by atoms with Crippen LogP contribution in [0.4, 0.5) is 0 Å². The minimum Gasteiger partial charge on any atom is -0.484 e. The van der Waals surface area contributed by atoms with Crippen molar-refractivity contribution in [3.05, 3.63) is 63.6 Å². The quantitative estimate of drug-likeness (QED) is 0.321. The predicted octanol–water partition coefficient (Wildman–Crippen LogP) is 3.68. The fourth-order valence-corrected chi connectivity index (χ4v) is 2.77. The summed E-state index contributed by atoms with van der Waals surface area (Å²) in [5.41, 5.74) is 7.11. The molecule has 1 amide bonds. The Morgan fingerprint density at radius 1 is 1.18 bits per heavy atom. The molecule has 9 heteroatoms. The normalized spacial score (nSPS) is 10.8. The van der Waals surface area contributed by atoms with Gasteiger partial charge in [0.15, 0.2) is 12.6 Å². The molecule has 0 unspecified atom stereocenters. The molecule has 0 fully saturated rings. The van der Waals surface area contributed by atoms with E-state index in [0.29, 0.717) is 28.9 Å². The lowest BCUT2D eigenvalue weighted by Crippen LogP contribution is -2.38. The van der Waals surface area contributed by atoms with Gasteiger partial charge in [0.1, 0.15) is 5.75 Å². The lowest BCUT2D eigenvalue weighted by molar-refractivity contribution is -0.119. The Kier molecular flexibility index (Phi) is 10.4. The van der Waals surface area contributed by atoms with Gasteiger partial charge in [0.05, 0.1) is 10.0 Å². The zero-order valence-corrected chi connectivity index (χ0v) is 19.5. The minimum atomic E-state index is -0.511. The number of carbonyl (C=O) groups is 1. The standard InChI is InChI=1S/C19H22Cl2N4O2.HI/c1-23-19(25(2)11-14-6-7-16(20)17(21)9-14)24-10-13-4-3-5-15(8-13)27-12-18(22)26;/h3-9H,10-12H2,1-2H3,(H2,22,26)(H,23,24);1H. The maximum Gasteiger partial charge on any atom is 0.255 e. The van der Waals surface area contributed by atoms with Crippen LogP contribution in [-0.2, 0) is 17.9 Å². The summed E-state index contributed by atoms with van der Waals surface area (Å²) in [4.78, 5) is 17.1. The summed E-state index contributed by atoms with van der Waals surface area (Å²) in [7, 11) is 3.66. The van der Waals surface area contributed by atoms with Crippen molar-refractivity contribution in [2.24, 2.45) is 10.7 Å². The van der Waals surface area contributed by atoms with Crippen molar-refractivity contribution in [2.75, 3.05) is 20.7 Å². The van der Waals surface area contributed by atoms with Crippen molar-refractivity contribution in [1.82, 2.24) is 10.2 Å². The number of nitrogens with zero attached hydrogens (tertiary/aromatic N) is 2. The molecule has 0 spiro atoms. The number of aliphatic imine (C=N–C) groups is 1. The molecular formula is C19H23Cl2IN4O2. The molecule has 0 bridgehead atoms. The van der Waals surface area contributed by atoms with Gasteiger partial charge < -0.3 is 20.7 Å². The maximum absolute atomic E-state index is 10.8. The van der Waals surface area contributed by atoms with Gasteiger partial charge in [-0.05, 0) is 35.4 Å². The predicted molar refractivity (Wildman–Crippen MR) is 125 cm³/mol. The number of hydrogen-bond acceptors (Lipinski definition) is 3. The second-order valence-electron chi connectivity index (χ2n) is 5.91. The van der Waals surface area contributed by atoms with Crippen LogP contribution < -0.4 is 15.8 Å².